The first-order chi connectivity index (χ1) is 11.6. The summed E-state index contributed by atoms with van der Waals surface area (Å²) in [6, 6.07) is 15.0. The molecule has 0 unspecified atom stereocenters. The Kier molecular flexibility index (Phi) is 5.05. The number of amides is 2. The topological polar surface area (TPSA) is 58.6 Å². The van der Waals surface area contributed by atoms with Crippen molar-refractivity contribution in [2.75, 3.05) is 24.2 Å². The van der Waals surface area contributed by atoms with Gasteiger partial charge < -0.3 is 15.0 Å². The van der Waals surface area contributed by atoms with E-state index in [-0.39, 0.29) is 17.7 Å². The lowest BCUT2D eigenvalue weighted by atomic mass is 10.2. The lowest BCUT2D eigenvalue weighted by Crippen LogP contribution is -2.33. The van der Waals surface area contributed by atoms with Crippen LogP contribution in [0.1, 0.15) is 5.56 Å². The molecule has 0 saturated carbocycles. The molecule has 6 heteroatoms. The Labute approximate surface area is 145 Å². The Morgan fingerprint density at radius 1 is 1.21 bits per heavy atom. The summed E-state index contributed by atoms with van der Waals surface area (Å²) < 4.78 is 5.77. The number of carbonyl (C=O) groups is 2. The van der Waals surface area contributed by atoms with Crippen molar-refractivity contribution in [2.24, 2.45) is 0 Å². The van der Waals surface area contributed by atoms with Crippen molar-refractivity contribution in [1.29, 1.82) is 0 Å². The third-order valence-electron chi connectivity index (χ3n) is 3.54. The third kappa shape index (κ3) is 4.29. The maximum Gasteiger partial charge on any atom is 0.282 e. The minimum atomic E-state index is -0.196. The van der Waals surface area contributed by atoms with Gasteiger partial charge in [0.05, 0.1) is 0 Å². The summed E-state index contributed by atoms with van der Waals surface area (Å²) in [5.74, 6) is 2.02. The number of nitrogens with zero attached hydrogens (tertiary/aromatic N) is 1. The monoisotopic (exact) mass is 342 g/mol. The van der Waals surface area contributed by atoms with Crippen LogP contribution in [0.3, 0.4) is 0 Å². The fraction of sp³-hybridized carbons (Fsp3) is 0.222. The fourth-order valence-corrected chi connectivity index (χ4v) is 3.19. The standard InChI is InChI=1S/C18H18N2O3S/c1-13-3-2-4-16(11-13)23-15-7-5-14(6-8-15)19-17(21)12-20-9-10-24-18(20)22/h2-8,11H,9-10,12H2,1H3,(H,19,21). The number of anilines is 1. The molecule has 0 bridgehead atoms. The average molecular weight is 342 g/mol. The highest BCUT2D eigenvalue weighted by atomic mass is 32.2. The molecule has 1 N–H and O–H groups in total. The number of carbonyl (C=O) groups excluding carboxylic acids is 2. The Morgan fingerprint density at radius 2 is 2.00 bits per heavy atom. The van der Waals surface area contributed by atoms with E-state index in [0.29, 0.717) is 18.0 Å². The smallest absolute Gasteiger partial charge is 0.282 e. The highest BCUT2D eigenvalue weighted by Gasteiger charge is 2.23. The van der Waals surface area contributed by atoms with Gasteiger partial charge in [-0.3, -0.25) is 9.59 Å². The van der Waals surface area contributed by atoms with Gasteiger partial charge in [-0.15, -0.1) is 0 Å². The molecule has 5 nitrogen and oxygen atoms in total. The SMILES string of the molecule is Cc1cccc(Oc2ccc(NC(=O)CN3CCSC3=O)cc2)c1. The summed E-state index contributed by atoms with van der Waals surface area (Å²) in [5.41, 5.74) is 1.81. The lowest BCUT2D eigenvalue weighted by molar-refractivity contribution is -0.116. The van der Waals surface area contributed by atoms with Crippen molar-refractivity contribution in [3.05, 3.63) is 54.1 Å². The van der Waals surface area contributed by atoms with E-state index < -0.39 is 0 Å². The lowest BCUT2D eigenvalue weighted by Gasteiger charge is -2.14. The molecular formula is C18H18N2O3S. The van der Waals surface area contributed by atoms with Gasteiger partial charge in [0, 0.05) is 18.0 Å². The largest absolute Gasteiger partial charge is 0.457 e. The molecule has 1 aliphatic rings. The first-order valence-electron chi connectivity index (χ1n) is 7.66. The highest BCUT2D eigenvalue weighted by molar-refractivity contribution is 8.13. The van der Waals surface area contributed by atoms with E-state index in [1.54, 1.807) is 29.2 Å². The van der Waals surface area contributed by atoms with Crippen LogP contribution >= 0.6 is 11.8 Å². The molecule has 1 aliphatic heterocycles. The maximum absolute atomic E-state index is 12.0. The first kappa shape index (κ1) is 16.4. The van der Waals surface area contributed by atoms with Crippen LogP contribution < -0.4 is 10.1 Å². The van der Waals surface area contributed by atoms with Gasteiger partial charge in [0.2, 0.25) is 5.91 Å². The molecule has 24 heavy (non-hydrogen) atoms. The molecule has 2 aromatic rings. The Hall–Kier alpha value is -2.47. The van der Waals surface area contributed by atoms with E-state index in [1.165, 1.54) is 11.8 Å². The van der Waals surface area contributed by atoms with E-state index >= 15 is 0 Å². The number of rotatable bonds is 5. The molecular weight excluding hydrogens is 324 g/mol. The number of nitrogens with one attached hydrogen (secondary N) is 1. The van der Waals surface area contributed by atoms with Crippen LogP contribution in [0.2, 0.25) is 0 Å². The molecule has 2 aromatic carbocycles. The van der Waals surface area contributed by atoms with Crippen LogP contribution in [-0.2, 0) is 4.79 Å². The van der Waals surface area contributed by atoms with Gasteiger partial charge in [0.15, 0.2) is 0 Å². The summed E-state index contributed by atoms with van der Waals surface area (Å²) in [4.78, 5) is 25.0. The predicted octanol–water partition coefficient (Wildman–Crippen LogP) is 3.89. The van der Waals surface area contributed by atoms with E-state index in [2.05, 4.69) is 5.32 Å². The van der Waals surface area contributed by atoms with Crippen molar-refractivity contribution < 1.29 is 14.3 Å². The third-order valence-corrected chi connectivity index (χ3v) is 4.43. The molecule has 0 aromatic heterocycles. The zero-order valence-corrected chi connectivity index (χ0v) is 14.1. The number of thioether (sulfide) groups is 1. The number of aryl methyl sites for hydroxylation is 1. The number of ether oxygens (including phenoxy) is 1. The highest BCUT2D eigenvalue weighted by Crippen LogP contribution is 2.24. The van der Waals surface area contributed by atoms with Crippen LogP contribution in [0.5, 0.6) is 11.5 Å². The van der Waals surface area contributed by atoms with Crippen LogP contribution in [0.4, 0.5) is 10.5 Å². The summed E-state index contributed by atoms with van der Waals surface area (Å²) in [6.45, 7) is 2.72. The molecule has 0 aliphatic carbocycles. The molecule has 1 heterocycles. The zero-order valence-electron chi connectivity index (χ0n) is 13.3. The second-order valence-electron chi connectivity index (χ2n) is 5.53. The minimum Gasteiger partial charge on any atom is -0.457 e. The molecule has 0 atom stereocenters. The van der Waals surface area contributed by atoms with Gasteiger partial charge in [0.25, 0.3) is 5.24 Å². The quantitative estimate of drug-likeness (QED) is 0.895. The van der Waals surface area contributed by atoms with Gasteiger partial charge in [0.1, 0.15) is 18.0 Å². The Balaban J connectivity index is 1.56. The van der Waals surface area contributed by atoms with Gasteiger partial charge in [-0.2, -0.15) is 0 Å². The summed E-state index contributed by atoms with van der Waals surface area (Å²) in [5, 5.41) is 2.76. The zero-order chi connectivity index (χ0) is 16.9. The second kappa shape index (κ2) is 7.40. The summed E-state index contributed by atoms with van der Waals surface area (Å²) >= 11 is 1.25. The van der Waals surface area contributed by atoms with Gasteiger partial charge in [-0.05, 0) is 48.9 Å². The van der Waals surface area contributed by atoms with Gasteiger partial charge in [-0.1, -0.05) is 23.9 Å². The molecule has 0 spiro atoms. The second-order valence-corrected chi connectivity index (χ2v) is 6.57. The van der Waals surface area contributed by atoms with E-state index in [9.17, 15) is 9.59 Å². The summed E-state index contributed by atoms with van der Waals surface area (Å²) in [7, 11) is 0. The number of hydrogen-bond donors (Lipinski definition) is 1. The van der Waals surface area contributed by atoms with Crippen molar-refractivity contribution in [1.82, 2.24) is 4.90 Å². The van der Waals surface area contributed by atoms with E-state index in [1.807, 2.05) is 31.2 Å². The van der Waals surface area contributed by atoms with Crippen LogP contribution in [-0.4, -0.2) is 34.9 Å². The minimum absolute atomic E-state index is 0.0351. The normalized spacial score (nSPS) is 13.9. The van der Waals surface area contributed by atoms with Crippen molar-refractivity contribution >= 4 is 28.6 Å². The van der Waals surface area contributed by atoms with Crippen LogP contribution in [0, 0.1) is 6.92 Å². The van der Waals surface area contributed by atoms with E-state index in [0.717, 1.165) is 17.1 Å². The van der Waals surface area contributed by atoms with Crippen LogP contribution in [0.15, 0.2) is 48.5 Å². The van der Waals surface area contributed by atoms with Crippen molar-refractivity contribution in [3.8, 4) is 11.5 Å². The first-order valence-corrected chi connectivity index (χ1v) is 8.65. The van der Waals surface area contributed by atoms with Gasteiger partial charge in [-0.25, -0.2) is 0 Å². The number of benzene rings is 2. The van der Waals surface area contributed by atoms with Crippen molar-refractivity contribution in [2.45, 2.75) is 6.92 Å². The molecule has 1 fully saturated rings. The predicted molar refractivity (Wildman–Crippen MR) is 95.8 cm³/mol. The molecule has 0 radical (unpaired) electrons. The Morgan fingerprint density at radius 3 is 2.67 bits per heavy atom. The molecule has 1 saturated heterocycles. The van der Waals surface area contributed by atoms with E-state index in [4.69, 9.17) is 4.74 Å². The molecule has 2 amide bonds. The maximum atomic E-state index is 12.0. The summed E-state index contributed by atoms with van der Waals surface area (Å²) in [6.07, 6.45) is 0. The van der Waals surface area contributed by atoms with Crippen LogP contribution in [0.25, 0.3) is 0 Å². The molecule has 124 valence electrons. The van der Waals surface area contributed by atoms with Gasteiger partial charge >= 0.3 is 0 Å². The average Bonchev–Trinajstić information content (AvgIpc) is 2.94. The Bertz CT molecular complexity index is 746. The fourth-order valence-electron chi connectivity index (χ4n) is 2.36. The van der Waals surface area contributed by atoms with Crippen molar-refractivity contribution in [3.63, 3.8) is 0 Å². The number of hydrogen-bond acceptors (Lipinski definition) is 4. The molecule has 3 rings (SSSR count).